The van der Waals surface area contributed by atoms with Crippen molar-refractivity contribution in [3.05, 3.63) is 36.4 Å². The van der Waals surface area contributed by atoms with Crippen LogP contribution in [0.1, 0.15) is 19.0 Å². The maximum Gasteiger partial charge on any atom is 0.310 e. The molecule has 0 radical (unpaired) electrons. The van der Waals surface area contributed by atoms with Gasteiger partial charge in [0.2, 0.25) is 0 Å². The maximum atomic E-state index is 11.4. The van der Waals surface area contributed by atoms with Crippen LogP contribution in [-0.4, -0.2) is 32.2 Å². The van der Waals surface area contributed by atoms with Gasteiger partial charge in [-0.25, -0.2) is 0 Å². The number of nitrogens with zero attached hydrogens (tertiary/aromatic N) is 3. The van der Waals surface area contributed by atoms with Gasteiger partial charge in [-0.2, -0.15) is 5.10 Å². The molecule has 0 aliphatic carbocycles. The molecule has 110 valence electrons. The summed E-state index contributed by atoms with van der Waals surface area (Å²) in [6, 6.07) is 3.89. The predicted molar refractivity (Wildman–Crippen MR) is 84.0 cm³/mol. The van der Waals surface area contributed by atoms with E-state index in [1.165, 1.54) is 0 Å². The summed E-state index contributed by atoms with van der Waals surface area (Å²) in [7, 11) is 1.88. The first-order valence-corrected chi connectivity index (χ1v) is 7.10. The monoisotopic (exact) mass is 303 g/mol. The first-order chi connectivity index (χ1) is 10.1. The molecule has 0 unspecified atom stereocenters. The number of rotatable bonds is 6. The zero-order valence-electron chi connectivity index (χ0n) is 12.1. The van der Waals surface area contributed by atoms with Crippen LogP contribution in [0.25, 0.3) is 11.1 Å². The third-order valence-corrected chi connectivity index (χ3v) is 3.17. The zero-order chi connectivity index (χ0) is 15.2. The highest BCUT2D eigenvalue weighted by Gasteiger charge is 2.09. The highest BCUT2D eigenvalue weighted by molar-refractivity contribution is 7.80. The van der Waals surface area contributed by atoms with Gasteiger partial charge in [0.1, 0.15) is 0 Å². The van der Waals surface area contributed by atoms with Crippen molar-refractivity contribution in [2.75, 3.05) is 6.61 Å². The van der Waals surface area contributed by atoms with Crippen LogP contribution in [0.4, 0.5) is 0 Å². The van der Waals surface area contributed by atoms with Gasteiger partial charge in [0.15, 0.2) is 0 Å². The molecule has 0 fully saturated rings. The number of thiocarbonyl (C=S) groups is 1. The summed E-state index contributed by atoms with van der Waals surface area (Å²) in [6.45, 7) is 2.15. The van der Waals surface area contributed by atoms with E-state index in [-0.39, 0.29) is 12.4 Å². The van der Waals surface area contributed by atoms with Crippen LogP contribution >= 0.6 is 12.2 Å². The molecule has 0 aliphatic rings. The summed E-state index contributed by atoms with van der Waals surface area (Å²) in [5.74, 6) is -0.286. The minimum atomic E-state index is -0.286. The fourth-order valence-corrected chi connectivity index (χ4v) is 2.23. The molecule has 2 rings (SSSR count). The highest BCUT2D eigenvalue weighted by atomic mass is 32.1. The van der Waals surface area contributed by atoms with Crippen LogP contribution < -0.4 is 0 Å². The number of hydrogen-bond acceptors (Lipinski definition) is 5. The lowest BCUT2D eigenvalue weighted by Gasteiger charge is -2.05. The highest BCUT2D eigenvalue weighted by Crippen LogP contribution is 2.18. The van der Waals surface area contributed by atoms with Crippen molar-refractivity contribution >= 4 is 23.1 Å². The topological polar surface area (TPSA) is 57.0 Å². The first-order valence-electron chi connectivity index (χ1n) is 6.69. The summed E-state index contributed by atoms with van der Waals surface area (Å²) in [5.41, 5.74) is 2.90. The summed E-state index contributed by atoms with van der Waals surface area (Å²) in [5, 5.41) is 4.15. The standard InChI is InChI=1S/C15H17N3O2S/c1-3-20-15(19)8-14(21)7-13-6-11(4-5-16-13)12-9-17-18(2)10-12/h4-6,9-10H,3,7-8H2,1-2H3. The average molecular weight is 303 g/mol. The molecule has 0 aromatic carbocycles. The van der Waals surface area contributed by atoms with Crippen LogP contribution in [0.2, 0.25) is 0 Å². The smallest absolute Gasteiger partial charge is 0.310 e. The van der Waals surface area contributed by atoms with Gasteiger partial charge in [-0.05, 0) is 24.6 Å². The Morgan fingerprint density at radius 3 is 2.90 bits per heavy atom. The van der Waals surface area contributed by atoms with E-state index in [2.05, 4.69) is 10.1 Å². The fourth-order valence-electron chi connectivity index (χ4n) is 1.96. The largest absolute Gasteiger partial charge is 0.466 e. The quantitative estimate of drug-likeness (QED) is 0.605. The van der Waals surface area contributed by atoms with Gasteiger partial charge in [0, 0.05) is 42.0 Å². The molecule has 2 aromatic rings. The SMILES string of the molecule is CCOC(=O)CC(=S)Cc1cc(-c2cnn(C)c2)ccn1. The second-order valence-electron chi connectivity index (χ2n) is 4.64. The van der Waals surface area contributed by atoms with Crippen LogP contribution in [0.3, 0.4) is 0 Å². The van der Waals surface area contributed by atoms with Gasteiger partial charge in [0.25, 0.3) is 0 Å². The summed E-state index contributed by atoms with van der Waals surface area (Å²) in [4.78, 5) is 16.3. The lowest BCUT2D eigenvalue weighted by Crippen LogP contribution is -2.12. The van der Waals surface area contributed by atoms with Crippen molar-refractivity contribution in [2.24, 2.45) is 7.05 Å². The van der Waals surface area contributed by atoms with E-state index >= 15 is 0 Å². The van der Waals surface area contributed by atoms with E-state index in [1.54, 1.807) is 24.0 Å². The Balaban J connectivity index is 2.04. The van der Waals surface area contributed by atoms with Crippen molar-refractivity contribution in [1.82, 2.24) is 14.8 Å². The molecule has 21 heavy (non-hydrogen) atoms. The number of carbonyl (C=O) groups excluding carboxylic acids is 1. The minimum absolute atomic E-state index is 0.155. The zero-order valence-corrected chi connectivity index (χ0v) is 12.9. The molecular weight excluding hydrogens is 286 g/mol. The van der Waals surface area contributed by atoms with Gasteiger partial charge in [0.05, 0.1) is 19.2 Å². The molecule has 5 nitrogen and oxygen atoms in total. The van der Waals surface area contributed by atoms with Gasteiger partial charge in [-0.1, -0.05) is 12.2 Å². The molecule has 2 heterocycles. The number of aromatic nitrogens is 3. The van der Waals surface area contributed by atoms with Crippen molar-refractivity contribution in [2.45, 2.75) is 19.8 Å². The Kier molecular flexibility index (Phi) is 5.16. The predicted octanol–water partition coefficient (Wildman–Crippen LogP) is 2.35. The van der Waals surface area contributed by atoms with Crippen LogP contribution in [0.5, 0.6) is 0 Å². The van der Waals surface area contributed by atoms with E-state index < -0.39 is 0 Å². The van der Waals surface area contributed by atoms with E-state index in [4.69, 9.17) is 17.0 Å². The Labute approximate surface area is 129 Å². The van der Waals surface area contributed by atoms with Gasteiger partial charge in [-0.3, -0.25) is 14.5 Å². The normalized spacial score (nSPS) is 10.4. The second kappa shape index (κ2) is 7.08. The summed E-state index contributed by atoms with van der Waals surface area (Å²) in [6.07, 6.45) is 6.13. The Morgan fingerprint density at radius 2 is 2.24 bits per heavy atom. The van der Waals surface area contributed by atoms with Crippen molar-refractivity contribution in [1.29, 1.82) is 0 Å². The number of carbonyl (C=O) groups is 1. The fraction of sp³-hybridized carbons (Fsp3) is 0.333. The van der Waals surface area contributed by atoms with Crippen LogP contribution in [0, 0.1) is 0 Å². The summed E-state index contributed by atoms with van der Waals surface area (Å²) < 4.78 is 6.64. The lowest BCUT2D eigenvalue weighted by atomic mass is 10.1. The number of hydrogen-bond donors (Lipinski definition) is 0. The third-order valence-electron chi connectivity index (χ3n) is 2.88. The lowest BCUT2D eigenvalue weighted by molar-refractivity contribution is -0.141. The molecule has 0 spiro atoms. The average Bonchev–Trinajstić information content (AvgIpc) is 2.86. The maximum absolute atomic E-state index is 11.4. The number of aryl methyl sites for hydroxylation is 1. The number of esters is 1. The van der Waals surface area contributed by atoms with Gasteiger partial charge < -0.3 is 4.74 Å². The van der Waals surface area contributed by atoms with Crippen molar-refractivity contribution in [3.8, 4) is 11.1 Å². The van der Waals surface area contributed by atoms with Crippen molar-refractivity contribution < 1.29 is 9.53 Å². The van der Waals surface area contributed by atoms with E-state index in [1.807, 2.05) is 25.4 Å². The van der Waals surface area contributed by atoms with Crippen molar-refractivity contribution in [3.63, 3.8) is 0 Å². The third kappa shape index (κ3) is 4.46. The Bertz CT molecular complexity index is 652. The van der Waals surface area contributed by atoms with Crippen LogP contribution in [0.15, 0.2) is 30.7 Å². The molecule has 0 bridgehead atoms. The number of pyridine rings is 1. The molecule has 0 saturated heterocycles. The minimum Gasteiger partial charge on any atom is -0.466 e. The molecule has 0 saturated carbocycles. The second-order valence-corrected chi connectivity index (χ2v) is 5.21. The van der Waals surface area contributed by atoms with E-state index in [0.717, 1.165) is 16.8 Å². The van der Waals surface area contributed by atoms with Gasteiger partial charge >= 0.3 is 5.97 Å². The molecule has 6 heteroatoms. The van der Waals surface area contributed by atoms with E-state index in [9.17, 15) is 4.79 Å². The molecule has 0 N–H and O–H groups in total. The Morgan fingerprint density at radius 1 is 1.43 bits per heavy atom. The van der Waals surface area contributed by atoms with Crippen LogP contribution in [-0.2, 0) is 23.0 Å². The Hall–Kier alpha value is -2.08. The molecule has 2 aromatic heterocycles. The molecular formula is C15H17N3O2S. The molecule has 0 atom stereocenters. The molecule has 0 amide bonds. The first kappa shape index (κ1) is 15.3. The van der Waals surface area contributed by atoms with Gasteiger partial charge in [-0.15, -0.1) is 0 Å². The number of ether oxygens (including phenoxy) is 1. The van der Waals surface area contributed by atoms with E-state index in [0.29, 0.717) is 17.9 Å². The summed E-state index contributed by atoms with van der Waals surface area (Å²) >= 11 is 5.23. The molecule has 0 aliphatic heterocycles.